The molecule has 0 unspecified atom stereocenters. The SMILES string of the molecule is C#CCNC(=O)OCc1cnc(C)c(O)c1COC(=O)NCC#C. The smallest absolute Gasteiger partial charge is 0.408 e. The van der Waals surface area contributed by atoms with Crippen LogP contribution in [0.2, 0.25) is 0 Å². The highest BCUT2D eigenvalue weighted by Crippen LogP contribution is 2.25. The number of carbonyl (C=O) groups excluding carboxylic acids is 2. The van der Waals surface area contributed by atoms with Crippen LogP contribution in [0.5, 0.6) is 5.75 Å². The molecule has 0 saturated carbocycles. The number of terminal acetylenes is 2. The third-order valence-electron chi connectivity index (χ3n) is 2.81. The van der Waals surface area contributed by atoms with Crippen LogP contribution in [-0.4, -0.2) is 35.4 Å². The third kappa shape index (κ3) is 5.78. The van der Waals surface area contributed by atoms with Crippen molar-refractivity contribution < 1.29 is 24.2 Å². The minimum Gasteiger partial charge on any atom is -0.506 e. The zero-order valence-corrected chi connectivity index (χ0v) is 13.1. The van der Waals surface area contributed by atoms with Crippen LogP contribution in [0.25, 0.3) is 0 Å². The van der Waals surface area contributed by atoms with E-state index in [1.165, 1.54) is 6.20 Å². The Hall–Kier alpha value is -3.39. The topological polar surface area (TPSA) is 110 Å². The van der Waals surface area contributed by atoms with Crippen molar-refractivity contribution >= 4 is 12.2 Å². The second kappa shape index (κ2) is 9.59. The van der Waals surface area contributed by atoms with Gasteiger partial charge in [-0.3, -0.25) is 4.98 Å². The summed E-state index contributed by atoms with van der Waals surface area (Å²) in [7, 11) is 0. The molecule has 0 atom stereocenters. The highest BCUT2D eigenvalue weighted by molar-refractivity contribution is 5.68. The van der Waals surface area contributed by atoms with Gasteiger partial charge in [-0.15, -0.1) is 12.8 Å². The number of nitrogens with one attached hydrogen (secondary N) is 2. The fraction of sp³-hybridized carbons (Fsp3) is 0.312. The highest BCUT2D eigenvalue weighted by atomic mass is 16.6. The molecule has 3 N–H and O–H groups in total. The van der Waals surface area contributed by atoms with Crippen LogP contribution in [0, 0.1) is 31.6 Å². The van der Waals surface area contributed by atoms with Gasteiger partial charge in [-0.1, -0.05) is 11.8 Å². The van der Waals surface area contributed by atoms with Crippen LogP contribution in [0.15, 0.2) is 6.20 Å². The maximum Gasteiger partial charge on any atom is 0.408 e. The fourth-order valence-corrected chi connectivity index (χ4v) is 1.60. The molecule has 0 aromatic carbocycles. The maximum absolute atomic E-state index is 11.4. The summed E-state index contributed by atoms with van der Waals surface area (Å²) in [6.07, 6.45) is 10.0. The first-order valence-corrected chi connectivity index (χ1v) is 6.84. The normalized spacial score (nSPS) is 9.29. The van der Waals surface area contributed by atoms with E-state index < -0.39 is 12.2 Å². The summed E-state index contributed by atoms with van der Waals surface area (Å²) < 4.78 is 9.92. The molecule has 2 amide bonds. The van der Waals surface area contributed by atoms with Crippen LogP contribution in [0.4, 0.5) is 9.59 Å². The maximum atomic E-state index is 11.4. The van der Waals surface area contributed by atoms with E-state index in [1.807, 2.05) is 0 Å². The van der Waals surface area contributed by atoms with Crippen molar-refractivity contribution in [2.75, 3.05) is 13.1 Å². The lowest BCUT2D eigenvalue weighted by Gasteiger charge is -2.13. The number of aryl methyl sites for hydroxylation is 1. The molecule has 0 spiro atoms. The standard InChI is InChI=1S/C16H17N3O5/c1-4-6-17-15(21)23-9-12-8-19-11(3)14(20)13(12)10-24-16(22)18-7-5-2/h1-2,8,20H,6-7,9-10H2,3H3,(H,17,21)(H,18,22). The largest absolute Gasteiger partial charge is 0.506 e. The number of carbonyl (C=O) groups is 2. The summed E-state index contributed by atoms with van der Waals surface area (Å²) in [6, 6.07) is 0. The van der Waals surface area contributed by atoms with E-state index in [4.69, 9.17) is 22.3 Å². The highest BCUT2D eigenvalue weighted by Gasteiger charge is 2.15. The van der Waals surface area contributed by atoms with Gasteiger partial charge in [-0.25, -0.2) is 9.59 Å². The van der Waals surface area contributed by atoms with Gasteiger partial charge in [0.05, 0.1) is 18.8 Å². The molecule has 0 saturated heterocycles. The van der Waals surface area contributed by atoms with Crippen molar-refractivity contribution in [3.8, 4) is 30.4 Å². The molecule has 8 nitrogen and oxygen atoms in total. The molecule has 24 heavy (non-hydrogen) atoms. The Kier molecular flexibility index (Phi) is 7.46. The van der Waals surface area contributed by atoms with E-state index in [0.29, 0.717) is 11.3 Å². The van der Waals surface area contributed by atoms with Crippen LogP contribution in [0.1, 0.15) is 16.8 Å². The number of rotatable bonds is 6. The molecule has 0 fully saturated rings. The van der Waals surface area contributed by atoms with Crippen LogP contribution >= 0.6 is 0 Å². The first-order chi connectivity index (χ1) is 11.5. The number of ether oxygens (including phenoxy) is 2. The first-order valence-electron chi connectivity index (χ1n) is 6.84. The summed E-state index contributed by atoms with van der Waals surface area (Å²) in [4.78, 5) is 26.8. The predicted octanol–water partition coefficient (Wildman–Crippen LogP) is 0.814. The van der Waals surface area contributed by atoms with Gasteiger partial charge in [0.15, 0.2) is 0 Å². The summed E-state index contributed by atoms with van der Waals surface area (Å²) in [6.45, 7) is 1.22. The Morgan fingerprint density at radius 2 is 1.71 bits per heavy atom. The second-order valence-corrected chi connectivity index (χ2v) is 4.46. The van der Waals surface area contributed by atoms with Gasteiger partial charge >= 0.3 is 12.2 Å². The van der Waals surface area contributed by atoms with Gasteiger partial charge in [0.25, 0.3) is 0 Å². The molecule has 1 aromatic rings. The average Bonchev–Trinajstić information content (AvgIpc) is 2.58. The molecule has 1 aromatic heterocycles. The van der Waals surface area contributed by atoms with E-state index >= 15 is 0 Å². The summed E-state index contributed by atoms with van der Waals surface area (Å²) in [5.74, 6) is 4.31. The number of hydrogen-bond donors (Lipinski definition) is 3. The number of aromatic hydroxyl groups is 1. The van der Waals surface area contributed by atoms with Gasteiger partial charge in [0.2, 0.25) is 0 Å². The van der Waals surface area contributed by atoms with E-state index in [1.54, 1.807) is 6.92 Å². The molecule has 1 rings (SSSR count). The van der Waals surface area contributed by atoms with E-state index in [9.17, 15) is 14.7 Å². The molecular formula is C16H17N3O5. The zero-order chi connectivity index (χ0) is 17.9. The molecule has 0 aliphatic carbocycles. The Balaban J connectivity index is 2.76. The lowest BCUT2D eigenvalue weighted by molar-refractivity contribution is 0.131. The van der Waals surface area contributed by atoms with Crippen molar-refractivity contribution in [2.45, 2.75) is 20.1 Å². The number of amides is 2. The van der Waals surface area contributed by atoms with Crippen molar-refractivity contribution in [1.82, 2.24) is 15.6 Å². The fourth-order valence-electron chi connectivity index (χ4n) is 1.60. The van der Waals surface area contributed by atoms with Crippen LogP contribution in [-0.2, 0) is 22.7 Å². The van der Waals surface area contributed by atoms with Crippen molar-refractivity contribution in [2.24, 2.45) is 0 Å². The second-order valence-electron chi connectivity index (χ2n) is 4.46. The van der Waals surface area contributed by atoms with Crippen molar-refractivity contribution in [1.29, 1.82) is 0 Å². The molecular weight excluding hydrogens is 314 g/mol. The number of pyridine rings is 1. The lowest BCUT2D eigenvalue weighted by atomic mass is 10.1. The summed E-state index contributed by atoms with van der Waals surface area (Å²) >= 11 is 0. The quantitative estimate of drug-likeness (QED) is 0.666. The van der Waals surface area contributed by atoms with Gasteiger partial charge in [0.1, 0.15) is 19.0 Å². The molecule has 126 valence electrons. The molecule has 0 bridgehead atoms. The van der Waals surface area contributed by atoms with Crippen LogP contribution < -0.4 is 10.6 Å². The van der Waals surface area contributed by atoms with Gasteiger partial charge in [0, 0.05) is 17.3 Å². The lowest BCUT2D eigenvalue weighted by Crippen LogP contribution is -2.25. The van der Waals surface area contributed by atoms with Crippen molar-refractivity contribution in [3.63, 3.8) is 0 Å². The minimum atomic E-state index is -0.736. The van der Waals surface area contributed by atoms with Crippen molar-refractivity contribution in [3.05, 3.63) is 23.0 Å². The van der Waals surface area contributed by atoms with E-state index in [2.05, 4.69) is 27.5 Å². The Labute approximate surface area is 139 Å². The van der Waals surface area contributed by atoms with Gasteiger partial charge in [-0.2, -0.15) is 0 Å². The van der Waals surface area contributed by atoms with Gasteiger partial charge < -0.3 is 25.2 Å². The molecule has 8 heteroatoms. The predicted molar refractivity (Wildman–Crippen MR) is 84.7 cm³/mol. The van der Waals surface area contributed by atoms with E-state index in [-0.39, 0.29) is 37.6 Å². The average molecular weight is 331 g/mol. The Morgan fingerprint density at radius 3 is 2.25 bits per heavy atom. The first kappa shape index (κ1) is 18.7. The number of alkyl carbamates (subject to hydrolysis) is 2. The Bertz CT molecular complexity index is 688. The molecule has 0 radical (unpaired) electrons. The molecule has 1 heterocycles. The third-order valence-corrected chi connectivity index (χ3v) is 2.81. The van der Waals surface area contributed by atoms with Gasteiger partial charge in [-0.05, 0) is 6.92 Å². The molecule has 0 aliphatic rings. The van der Waals surface area contributed by atoms with Crippen LogP contribution in [0.3, 0.4) is 0 Å². The van der Waals surface area contributed by atoms with E-state index in [0.717, 1.165) is 0 Å². The number of aromatic nitrogens is 1. The Morgan fingerprint density at radius 1 is 1.17 bits per heavy atom. The minimum absolute atomic E-state index is 0.0194. The number of nitrogens with zero attached hydrogens (tertiary/aromatic N) is 1. The summed E-state index contributed by atoms with van der Waals surface area (Å²) in [5.41, 5.74) is 1.01. The zero-order valence-electron chi connectivity index (χ0n) is 13.1. The number of hydrogen-bond acceptors (Lipinski definition) is 6. The monoisotopic (exact) mass is 331 g/mol. The summed E-state index contributed by atoms with van der Waals surface area (Å²) in [5, 5.41) is 14.7. The molecule has 0 aliphatic heterocycles.